The van der Waals surface area contributed by atoms with Gasteiger partial charge in [0.25, 0.3) is 0 Å². The molecular weight excluding hydrogens is 179 g/mol. The Morgan fingerprint density at radius 2 is 1.93 bits per heavy atom. The number of rotatable bonds is 1. The summed E-state index contributed by atoms with van der Waals surface area (Å²) < 4.78 is 12.6. The van der Waals surface area contributed by atoms with Crippen molar-refractivity contribution in [1.82, 2.24) is 9.97 Å². The molecule has 0 saturated heterocycles. The SMILES string of the molecule is Cc1cncc(-c2ccc(F)nc2)c1. The van der Waals surface area contributed by atoms with Gasteiger partial charge in [-0.25, -0.2) is 4.98 Å². The first-order valence-corrected chi connectivity index (χ1v) is 4.29. The van der Waals surface area contributed by atoms with E-state index in [2.05, 4.69) is 9.97 Å². The van der Waals surface area contributed by atoms with Gasteiger partial charge in [-0.3, -0.25) is 4.98 Å². The molecule has 0 amide bonds. The summed E-state index contributed by atoms with van der Waals surface area (Å²) in [5.74, 6) is -0.464. The summed E-state index contributed by atoms with van der Waals surface area (Å²) >= 11 is 0. The lowest BCUT2D eigenvalue weighted by Gasteiger charge is -2.00. The number of nitrogens with zero attached hydrogens (tertiary/aromatic N) is 2. The molecule has 0 aliphatic rings. The van der Waals surface area contributed by atoms with E-state index in [1.54, 1.807) is 18.5 Å². The predicted molar refractivity (Wildman–Crippen MR) is 52.2 cm³/mol. The maximum absolute atomic E-state index is 12.6. The van der Waals surface area contributed by atoms with Gasteiger partial charge >= 0.3 is 0 Å². The minimum Gasteiger partial charge on any atom is -0.264 e. The summed E-state index contributed by atoms with van der Waals surface area (Å²) in [6.45, 7) is 1.97. The van der Waals surface area contributed by atoms with Crippen molar-refractivity contribution in [2.45, 2.75) is 6.92 Å². The van der Waals surface area contributed by atoms with Gasteiger partial charge in [-0.2, -0.15) is 4.39 Å². The molecule has 0 aliphatic heterocycles. The van der Waals surface area contributed by atoms with Crippen LogP contribution in [-0.4, -0.2) is 9.97 Å². The standard InChI is InChI=1S/C11H9FN2/c1-8-4-10(6-13-5-8)9-2-3-11(12)14-7-9/h2-7H,1H3. The van der Waals surface area contributed by atoms with Crippen LogP contribution in [0.15, 0.2) is 36.8 Å². The number of hydrogen-bond donors (Lipinski definition) is 0. The van der Waals surface area contributed by atoms with Gasteiger partial charge < -0.3 is 0 Å². The first-order valence-electron chi connectivity index (χ1n) is 4.29. The zero-order chi connectivity index (χ0) is 9.97. The average molecular weight is 188 g/mol. The summed E-state index contributed by atoms with van der Waals surface area (Å²) in [6.07, 6.45) is 5.02. The van der Waals surface area contributed by atoms with Crippen molar-refractivity contribution < 1.29 is 4.39 Å². The normalized spacial score (nSPS) is 10.1. The number of halogens is 1. The third kappa shape index (κ3) is 1.76. The Kier molecular flexibility index (Phi) is 2.23. The summed E-state index contributed by atoms with van der Waals surface area (Å²) in [5, 5.41) is 0. The maximum atomic E-state index is 12.6. The summed E-state index contributed by atoms with van der Waals surface area (Å²) in [6, 6.07) is 5.03. The molecule has 14 heavy (non-hydrogen) atoms. The zero-order valence-corrected chi connectivity index (χ0v) is 7.74. The first-order chi connectivity index (χ1) is 6.75. The zero-order valence-electron chi connectivity index (χ0n) is 7.74. The van der Waals surface area contributed by atoms with Crippen molar-refractivity contribution in [1.29, 1.82) is 0 Å². The monoisotopic (exact) mass is 188 g/mol. The molecule has 0 spiro atoms. The minimum atomic E-state index is -0.464. The molecule has 0 aromatic carbocycles. The van der Waals surface area contributed by atoms with E-state index in [1.165, 1.54) is 12.3 Å². The molecule has 0 atom stereocenters. The lowest BCUT2D eigenvalue weighted by Crippen LogP contribution is -1.85. The largest absolute Gasteiger partial charge is 0.264 e. The average Bonchev–Trinajstić information content (AvgIpc) is 2.19. The molecule has 2 aromatic rings. The van der Waals surface area contributed by atoms with E-state index in [4.69, 9.17) is 0 Å². The van der Waals surface area contributed by atoms with E-state index < -0.39 is 5.95 Å². The first kappa shape index (κ1) is 8.81. The Morgan fingerprint density at radius 3 is 2.57 bits per heavy atom. The van der Waals surface area contributed by atoms with Crippen molar-refractivity contribution in [3.8, 4) is 11.1 Å². The van der Waals surface area contributed by atoms with Crippen LogP contribution in [0.5, 0.6) is 0 Å². The highest BCUT2D eigenvalue weighted by Gasteiger charge is 1.98. The topological polar surface area (TPSA) is 25.8 Å². The van der Waals surface area contributed by atoms with Gasteiger partial charge in [0.2, 0.25) is 5.95 Å². The van der Waals surface area contributed by atoms with Crippen molar-refractivity contribution >= 4 is 0 Å². The fourth-order valence-corrected chi connectivity index (χ4v) is 1.26. The molecule has 2 rings (SSSR count). The summed E-state index contributed by atoms with van der Waals surface area (Å²) in [4.78, 5) is 7.65. The van der Waals surface area contributed by atoms with E-state index in [0.717, 1.165) is 16.7 Å². The molecule has 0 fully saturated rings. The van der Waals surface area contributed by atoms with Crippen molar-refractivity contribution in [2.24, 2.45) is 0 Å². The molecule has 3 heteroatoms. The highest BCUT2D eigenvalue weighted by molar-refractivity contribution is 5.61. The molecule has 2 heterocycles. The Hall–Kier alpha value is -1.77. The van der Waals surface area contributed by atoms with Crippen LogP contribution in [0.3, 0.4) is 0 Å². The number of aryl methyl sites for hydroxylation is 1. The van der Waals surface area contributed by atoms with Crippen LogP contribution in [0.2, 0.25) is 0 Å². The van der Waals surface area contributed by atoms with Crippen molar-refractivity contribution in [3.63, 3.8) is 0 Å². The van der Waals surface area contributed by atoms with Crippen LogP contribution in [0.1, 0.15) is 5.56 Å². The molecule has 70 valence electrons. The van der Waals surface area contributed by atoms with Crippen LogP contribution in [0.25, 0.3) is 11.1 Å². The lowest BCUT2D eigenvalue weighted by molar-refractivity contribution is 0.584. The Morgan fingerprint density at radius 1 is 1.07 bits per heavy atom. The Bertz CT molecular complexity index is 437. The maximum Gasteiger partial charge on any atom is 0.212 e. The molecule has 2 nitrogen and oxygen atoms in total. The Balaban J connectivity index is 2.44. The van der Waals surface area contributed by atoms with Gasteiger partial charge in [0.15, 0.2) is 0 Å². The van der Waals surface area contributed by atoms with Gasteiger partial charge in [0, 0.05) is 29.7 Å². The second-order valence-electron chi connectivity index (χ2n) is 3.12. The second-order valence-corrected chi connectivity index (χ2v) is 3.12. The van der Waals surface area contributed by atoms with Gasteiger partial charge in [0.1, 0.15) is 0 Å². The molecule has 0 bridgehead atoms. The van der Waals surface area contributed by atoms with E-state index >= 15 is 0 Å². The third-order valence-corrected chi connectivity index (χ3v) is 1.94. The van der Waals surface area contributed by atoms with Crippen LogP contribution >= 0.6 is 0 Å². The number of hydrogen-bond acceptors (Lipinski definition) is 2. The molecule has 0 unspecified atom stereocenters. The van der Waals surface area contributed by atoms with E-state index in [9.17, 15) is 4.39 Å². The predicted octanol–water partition coefficient (Wildman–Crippen LogP) is 2.59. The van der Waals surface area contributed by atoms with Crippen molar-refractivity contribution in [3.05, 3.63) is 48.3 Å². The van der Waals surface area contributed by atoms with Crippen LogP contribution in [0, 0.1) is 12.9 Å². The highest BCUT2D eigenvalue weighted by atomic mass is 19.1. The van der Waals surface area contributed by atoms with Crippen molar-refractivity contribution in [2.75, 3.05) is 0 Å². The van der Waals surface area contributed by atoms with Gasteiger partial charge in [-0.15, -0.1) is 0 Å². The molecule has 0 radical (unpaired) electrons. The van der Waals surface area contributed by atoms with Crippen LogP contribution in [-0.2, 0) is 0 Å². The fraction of sp³-hybridized carbons (Fsp3) is 0.0909. The van der Waals surface area contributed by atoms with E-state index in [1.807, 2.05) is 13.0 Å². The van der Waals surface area contributed by atoms with Gasteiger partial charge in [0.05, 0.1) is 0 Å². The fourth-order valence-electron chi connectivity index (χ4n) is 1.26. The third-order valence-electron chi connectivity index (χ3n) is 1.94. The van der Waals surface area contributed by atoms with E-state index in [-0.39, 0.29) is 0 Å². The quantitative estimate of drug-likeness (QED) is 0.643. The minimum absolute atomic E-state index is 0.464. The van der Waals surface area contributed by atoms with Gasteiger partial charge in [-0.05, 0) is 30.7 Å². The van der Waals surface area contributed by atoms with Crippen LogP contribution < -0.4 is 0 Å². The number of aromatic nitrogens is 2. The van der Waals surface area contributed by atoms with Crippen LogP contribution in [0.4, 0.5) is 4.39 Å². The molecule has 0 aliphatic carbocycles. The van der Waals surface area contributed by atoms with Gasteiger partial charge in [-0.1, -0.05) is 0 Å². The second kappa shape index (κ2) is 3.54. The molecule has 0 N–H and O–H groups in total. The smallest absolute Gasteiger partial charge is 0.212 e. The number of pyridine rings is 2. The summed E-state index contributed by atoms with van der Waals surface area (Å²) in [5.41, 5.74) is 2.91. The Labute approximate surface area is 81.5 Å². The highest BCUT2D eigenvalue weighted by Crippen LogP contribution is 2.17. The lowest BCUT2D eigenvalue weighted by atomic mass is 10.1. The molecule has 0 saturated carbocycles. The van der Waals surface area contributed by atoms with E-state index in [0.29, 0.717) is 0 Å². The summed E-state index contributed by atoms with van der Waals surface area (Å²) in [7, 11) is 0. The molecular formula is C11H9FN2. The molecule has 2 aromatic heterocycles.